The molecule has 8 heteroatoms. The van der Waals surface area contributed by atoms with Crippen molar-refractivity contribution >= 4 is 35.8 Å². The molecule has 0 saturated heterocycles. The largest absolute Gasteiger partial charge is 0.355 e. The fraction of sp³-hybridized carbons (Fsp3) is 0.556. The lowest BCUT2D eigenvalue weighted by Gasteiger charge is -2.31. The van der Waals surface area contributed by atoms with E-state index in [1.807, 2.05) is 0 Å². The van der Waals surface area contributed by atoms with Crippen molar-refractivity contribution in [1.29, 1.82) is 0 Å². The van der Waals surface area contributed by atoms with Crippen LogP contribution in [0.25, 0.3) is 0 Å². The average Bonchev–Trinajstić information content (AvgIpc) is 3.07. The van der Waals surface area contributed by atoms with Crippen molar-refractivity contribution in [2.45, 2.75) is 32.2 Å². The van der Waals surface area contributed by atoms with Crippen molar-refractivity contribution in [2.24, 2.45) is 10.4 Å². The second-order valence-electron chi connectivity index (χ2n) is 6.70. The third-order valence-electron chi connectivity index (χ3n) is 4.69. The molecule has 1 aromatic rings. The highest BCUT2D eigenvalue weighted by molar-refractivity contribution is 14.0. The first-order chi connectivity index (χ1) is 11.9. The van der Waals surface area contributed by atoms with Crippen LogP contribution < -0.4 is 10.6 Å². The fourth-order valence-electron chi connectivity index (χ4n) is 3.32. The number of guanidine groups is 1. The van der Waals surface area contributed by atoms with Gasteiger partial charge in [0.05, 0.1) is 5.41 Å². The number of amides is 1. The van der Waals surface area contributed by atoms with Gasteiger partial charge in [0, 0.05) is 39.8 Å². The molecule has 1 fully saturated rings. The van der Waals surface area contributed by atoms with E-state index in [2.05, 4.69) is 15.6 Å². The predicted molar refractivity (Wildman–Crippen MR) is 110 cm³/mol. The lowest BCUT2D eigenvalue weighted by molar-refractivity contribution is -0.138. The molecule has 1 aliphatic rings. The molecule has 2 rings (SSSR count). The molecule has 0 atom stereocenters. The second kappa shape index (κ2) is 10.0. The maximum atomic E-state index is 13.7. The maximum absolute atomic E-state index is 13.7. The molecule has 1 aliphatic carbocycles. The molecular formula is C18H27F2IN4O. The molecular weight excluding hydrogens is 453 g/mol. The average molecular weight is 480 g/mol. The van der Waals surface area contributed by atoms with Crippen molar-refractivity contribution in [3.8, 4) is 0 Å². The Bertz CT molecular complexity index is 646. The minimum absolute atomic E-state index is 0. The fourth-order valence-corrected chi connectivity index (χ4v) is 3.32. The van der Waals surface area contributed by atoms with Crippen molar-refractivity contribution in [3.05, 3.63) is 35.4 Å². The number of nitrogens with one attached hydrogen (secondary N) is 2. The Morgan fingerprint density at radius 2 is 1.88 bits per heavy atom. The first-order valence-electron chi connectivity index (χ1n) is 8.48. The third-order valence-corrected chi connectivity index (χ3v) is 4.69. The normalized spacial score (nSPS) is 16.0. The quantitative estimate of drug-likeness (QED) is 0.387. The van der Waals surface area contributed by atoms with Gasteiger partial charge in [-0.1, -0.05) is 12.8 Å². The highest BCUT2D eigenvalue weighted by Crippen LogP contribution is 2.38. The molecule has 0 bridgehead atoms. The number of hydrogen-bond acceptors (Lipinski definition) is 2. The third kappa shape index (κ3) is 5.52. The first kappa shape index (κ1) is 22.6. The van der Waals surface area contributed by atoms with Crippen molar-refractivity contribution in [2.75, 3.05) is 27.7 Å². The Balaban J connectivity index is 0.00000338. The predicted octanol–water partition coefficient (Wildman–Crippen LogP) is 2.90. The van der Waals surface area contributed by atoms with Gasteiger partial charge in [0.2, 0.25) is 5.91 Å². The van der Waals surface area contributed by atoms with Gasteiger partial charge in [-0.2, -0.15) is 0 Å². The zero-order chi connectivity index (χ0) is 18.4. The van der Waals surface area contributed by atoms with E-state index in [0.29, 0.717) is 12.5 Å². The van der Waals surface area contributed by atoms with Crippen LogP contribution in [0, 0.1) is 17.0 Å². The number of carbonyl (C=O) groups is 1. The van der Waals surface area contributed by atoms with E-state index in [0.717, 1.165) is 43.9 Å². The molecule has 1 aromatic carbocycles. The molecule has 1 saturated carbocycles. The van der Waals surface area contributed by atoms with Crippen molar-refractivity contribution in [3.63, 3.8) is 0 Å². The number of benzene rings is 1. The van der Waals surface area contributed by atoms with Crippen LogP contribution in [-0.4, -0.2) is 44.5 Å². The molecule has 146 valence electrons. The van der Waals surface area contributed by atoms with Gasteiger partial charge in [-0.3, -0.25) is 9.79 Å². The first-order valence-corrected chi connectivity index (χ1v) is 8.48. The van der Waals surface area contributed by atoms with Gasteiger partial charge in [0.15, 0.2) is 5.96 Å². The van der Waals surface area contributed by atoms with E-state index in [9.17, 15) is 13.6 Å². The minimum atomic E-state index is -0.484. The zero-order valence-corrected chi connectivity index (χ0v) is 17.8. The Kier molecular flexibility index (Phi) is 8.72. The summed E-state index contributed by atoms with van der Waals surface area (Å²) in [4.78, 5) is 18.3. The van der Waals surface area contributed by atoms with Crippen LogP contribution in [0.2, 0.25) is 0 Å². The summed E-state index contributed by atoms with van der Waals surface area (Å²) < 4.78 is 26.9. The van der Waals surface area contributed by atoms with Crippen molar-refractivity contribution < 1.29 is 13.6 Å². The summed E-state index contributed by atoms with van der Waals surface area (Å²) >= 11 is 0. The summed E-state index contributed by atoms with van der Waals surface area (Å²) in [6.07, 6.45) is 3.74. The number of aliphatic imine (C=N–C) groups is 1. The van der Waals surface area contributed by atoms with E-state index in [-0.39, 0.29) is 42.0 Å². The molecule has 1 amide bonds. The van der Waals surface area contributed by atoms with Gasteiger partial charge in [-0.05, 0) is 31.0 Å². The van der Waals surface area contributed by atoms with Crippen molar-refractivity contribution in [1.82, 2.24) is 15.5 Å². The smallest absolute Gasteiger partial charge is 0.230 e. The van der Waals surface area contributed by atoms with E-state index in [4.69, 9.17) is 0 Å². The van der Waals surface area contributed by atoms with Gasteiger partial charge in [-0.15, -0.1) is 24.0 Å². The lowest BCUT2D eigenvalue weighted by Crippen LogP contribution is -2.49. The van der Waals surface area contributed by atoms with Crippen LogP contribution in [0.15, 0.2) is 23.2 Å². The molecule has 0 radical (unpaired) electrons. The number of hydrogen-bond donors (Lipinski definition) is 2. The zero-order valence-electron chi connectivity index (χ0n) is 15.4. The Morgan fingerprint density at radius 3 is 2.46 bits per heavy atom. The van der Waals surface area contributed by atoms with E-state index in [1.54, 1.807) is 26.0 Å². The summed E-state index contributed by atoms with van der Waals surface area (Å²) in [5.74, 6) is -0.382. The SMILES string of the molecule is CN=C(NCc1cc(F)ccc1F)NCC1(C(=O)N(C)C)CCCC1.I. The van der Waals surface area contributed by atoms with Crippen LogP contribution in [0.5, 0.6) is 0 Å². The Labute approximate surface area is 170 Å². The lowest BCUT2D eigenvalue weighted by atomic mass is 9.84. The van der Waals surface area contributed by atoms with Crippen LogP contribution in [-0.2, 0) is 11.3 Å². The molecule has 0 aromatic heterocycles. The van der Waals surface area contributed by atoms with Gasteiger partial charge in [0.1, 0.15) is 11.6 Å². The highest BCUT2D eigenvalue weighted by atomic mass is 127. The summed E-state index contributed by atoms with van der Waals surface area (Å²) in [6.45, 7) is 0.577. The number of nitrogens with zero attached hydrogens (tertiary/aromatic N) is 2. The van der Waals surface area contributed by atoms with Crippen LogP contribution in [0.1, 0.15) is 31.2 Å². The molecule has 0 spiro atoms. The van der Waals surface area contributed by atoms with E-state index < -0.39 is 17.0 Å². The second-order valence-corrected chi connectivity index (χ2v) is 6.70. The van der Waals surface area contributed by atoms with Crippen LogP contribution >= 0.6 is 24.0 Å². The summed E-state index contributed by atoms with van der Waals surface area (Å²) in [6, 6.07) is 3.35. The number of halogens is 3. The molecule has 5 nitrogen and oxygen atoms in total. The van der Waals surface area contributed by atoms with Gasteiger partial charge >= 0.3 is 0 Å². The van der Waals surface area contributed by atoms with Gasteiger partial charge in [0.25, 0.3) is 0 Å². The Hall–Kier alpha value is -1.45. The minimum Gasteiger partial charge on any atom is -0.355 e. The Morgan fingerprint density at radius 1 is 1.23 bits per heavy atom. The summed E-state index contributed by atoms with van der Waals surface area (Å²) in [5, 5.41) is 6.14. The monoisotopic (exact) mass is 480 g/mol. The van der Waals surface area contributed by atoms with E-state index >= 15 is 0 Å². The molecule has 0 unspecified atom stereocenters. The highest BCUT2D eigenvalue weighted by Gasteiger charge is 2.42. The number of carbonyl (C=O) groups excluding carboxylic acids is 1. The molecule has 0 aliphatic heterocycles. The molecule has 2 N–H and O–H groups in total. The molecule has 0 heterocycles. The van der Waals surface area contributed by atoms with Crippen LogP contribution in [0.3, 0.4) is 0 Å². The van der Waals surface area contributed by atoms with Gasteiger partial charge in [-0.25, -0.2) is 8.78 Å². The standard InChI is InChI=1S/C18H26F2N4O.HI/c1-21-17(22-11-13-10-14(19)6-7-15(13)20)23-12-18(8-4-5-9-18)16(25)24(2)3;/h6-7,10H,4-5,8-9,11-12H2,1-3H3,(H2,21,22,23);1H. The van der Waals surface area contributed by atoms with E-state index in [1.165, 1.54) is 0 Å². The van der Waals surface area contributed by atoms with Crippen LogP contribution in [0.4, 0.5) is 8.78 Å². The maximum Gasteiger partial charge on any atom is 0.230 e. The number of rotatable bonds is 5. The molecule has 26 heavy (non-hydrogen) atoms. The topological polar surface area (TPSA) is 56.7 Å². The summed E-state index contributed by atoms with van der Waals surface area (Å²) in [7, 11) is 5.14. The van der Waals surface area contributed by atoms with Gasteiger partial charge < -0.3 is 15.5 Å². The summed E-state index contributed by atoms with van der Waals surface area (Å²) in [5.41, 5.74) is -0.200.